The molecule has 0 radical (unpaired) electrons. The van der Waals surface area contributed by atoms with Crippen molar-refractivity contribution in [1.29, 1.82) is 0 Å². The molecule has 0 aliphatic heterocycles. The fourth-order valence-electron chi connectivity index (χ4n) is 3.24. The van der Waals surface area contributed by atoms with E-state index in [9.17, 15) is 0 Å². The maximum atomic E-state index is 5.49. The average Bonchev–Trinajstić information content (AvgIpc) is 2.71. The first-order valence-corrected chi connectivity index (χ1v) is 7.62. The number of nitrogens with zero attached hydrogens (tertiary/aromatic N) is 2. The predicted octanol–water partition coefficient (Wildman–Crippen LogP) is 4.23. The molecule has 1 fully saturated rings. The Labute approximate surface area is 119 Å². The minimum absolute atomic E-state index is 0.738. The van der Waals surface area contributed by atoms with Gasteiger partial charge in [-0.1, -0.05) is 26.2 Å². The van der Waals surface area contributed by atoms with Gasteiger partial charge in [0.2, 0.25) is 0 Å². The topological polar surface area (TPSA) is 33.6 Å². The summed E-state index contributed by atoms with van der Waals surface area (Å²) in [5.74, 6) is 1.53. The van der Waals surface area contributed by atoms with Crippen LogP contribution in [-0.4, -0.2) is 14.5 Å². The monoisotopic (exact) mass is 275 g/mol. The summed E-state index contributed by atoms with van der Waals surface area (Å²) in [6.07, 6.45) is 7.29. The maximum Gasteiger partial charge on any atom is 0.179 e. The van der Waals surface area contributed by atoms with Crippen molar-refractivity contribution in [3.05, 3.63) is 22.6 Å². The van der Waals surface area contributed by atoms with E-state index in [4.69, 9.17) is 12.2 Å². The molecule has 102 valence electrons. The van der Waals surface area contributed by atoms with Crippen molar-refractivity contribution in [2.24, 2.45) is 11.8 Å². The third-order valence-electron chi connectivity index (χ3n) is 4.58. The number of aryl methyl sites for hydroxylation is 1. The third kappa shape index (κ3) is 2.34. The Kier molecular flexibility index (Phi) is 3.44. The highest BCUT2D eigenvalue weighted by atomic mass is 32.1. The molecule has 2 aromatic heterocycles. The molecular weight excluding hydrogens is 254 g/mol. The van der Waals surface area contributed by atoms with Crippen molar-refractivity contribution in [3.63, 3.8) is 0 Å². The number of rotatable bonds is 2. The molecule has 2 atom stereocenters. The van der Waals surface area contributed by atoms with Gasteiger partial charge in [-0.25, -0.2) is 4.98 Å². The van der Waals surface area contributed by atoms with Gasteiger partial charge in [0, 0.05) is 12.7 Å². The van der Waals surface area contributed by atoms with Gasteiger partial charge < -0.3 is 9.55 Å². The van der Waals surface area contributed by atoms with Gasteiger partial charge in [-0.3, -0.25) is 0 Å². The number of nitrogens with one attached hydrogen (secondary N) is 1. The van der Waals surface area contributed by atoms with Crippen molar-refractivity contribution in [2.45, 2.75) is 46.1 Å². The second-order valence-electron chi connectivity index (χ2n) is 5.89. The molecule has 1 aliphatic carbocycles. The fourth-order valence-corrected chi connectivity index (χ4v) is 3.50. The number of pyridine rings is 1. The van der Waals surface area contributed by atoms with Crippen molar-refractivity contribution >= 4 is 23.4 Å². The Morgan fingerprint density at radius 3 is 3.00 bits per heavy atom. The van der Waals surface area contributed by atoms with E-state index in [0.29, 0.717) is 0 Å². The van der Waals surface area contributed by atoms with E-state index < -0.39 is 0 Å². The number of imidazole rings is 1. The lowest BCUT2D eigenvalue weighted by molar-refractivity contribution is 0.229. The van der Waals surface area contributed by atoms with Gasteiger partial charge >= 0.3 is 0 Å². The summed E-state index contributed by atoms with van der Waals surface area (Å²) < 4.78 is 3.01. The quantitative estimate of drug-likeness (QED) is 0.832. The van der Waals surface area contributed by atoms with Crippen molar-refractivity contribution in [3.8, 4) is 0 Å². The number of hydrogen-bond acceptors (Lipinski definition) is 2. The van der Waals surface area contributed by atoms with Crippen LogP contribution in [-0.2, 0) is 6.54 Å². The summed E-state index contributed by atoms with van der Waals surface area (Å²) in [6, 6.07) is 2.03. The Morgan fingerprint density at radius 2 is 2.21 bits per heavy atom. The van der Waals surface area contributed by atoms with E-state index >= 15 is 0 Å². The second-order valence-corrected chi connectivity index (χ2v) is 6.28. The standard InChI is InChI=1S/C15H21N3S/c1-10-5-3-4-6-12(10)9-18-14-13(17-15(18)19)11(2)7-8-16-14/h7-8,10,12H,3-6,9H2,1-2H3,(H,17,19). The average molecular weight is 275 g/mol. The molecule has 1 aliphatic rings. The molecular formula is C15H21N3S. The van der Waals surface area contributed by atoms with Crippen LogP contribution in [0.15, 0.2) is 12.3 Å². The molecule has 0 amide bonds. The highest BCUT2D eigenvalue weighted by molar-refractivity contribution is 7.71. The summed E-state index contributed by atoms with van der Waals surface area (Å²) >= 11 is 5.49. The van der Waals surface area contributed by atoms with Crippen molar-refractivity contribution in [2.75, 3.05) is 0 Å². The SMILES string of the molecule is Cc1ccnc2c1[nH]c(=S)n2CC1CCCCC1C. The summed E-state index contributed by atoms with van der Waals surface area (Å²) in [5, 5.41) is 0. The van der Waals surface area contributed by atoms with Crippen LogP contribution >= 0.6 is 12.2 Å². The van der Waals surface area contributed by atoms with Crippen LogP contribution in [0.5, 0.6) is 0 Å². The van der Waals surface area contributed by atoms with Gasteiger partial charge in [-0.15, -0.1) is 0 Å². The first-order chi connectivity index (χ1) is 9.16. The molecule has 0 saturated heterocycles. The Bertz CT molecular complexity index is 640. The van der Waals surface area contributed by atoms with E-state index in [2.05, 4.69) is 28.4 Å². The number of aromatic amines is 1. The highest BCUT2D eigenvalue weighted by Gasteiger charge is 2.22. The molecule has 2 unspecified atom stereocenters. The minimum Gasteiger partial charge on any atom is -0.329 e. The lowest BCUT2D eigenvalue weighted by Gasteiger charge is -2.28. The van der Waals surface area contributed by atoms with E-state index in [0.717, 1.165) is 34.3 Å². The van der Waals surface area contributed by atoms with Crippen molar-refractivity contribution < 1.29 is 0 Å². The van der Waals surface area contributed by atoms with Crippen LogP contribution in [0.1, 0.15) is 38.2 Å². The molecule has 2 heterocycles. The molecule has 1 N–H and O–H groups in total. The number of hydrogen-bond donors (Lipinski definition) is 1. The predicted molar refractivity (Wildman–Crippen MR) is 80.8 cm³/mol. The number of H-pyrrole nitrogens is 1. The van der Waals surface area contributed by atoms with Crippen molar-refractivity contribution in [1.82, 2.24) is 14.5 Å². The van der Waals surface area contributed by atoms with Gasteiger partial charge in [0.05, 0.1) is 5.52 Å². The molecule has 2 aromatic rings. The molecule has 4 heteroatoms. The lowest BCUT2D eigenvalue weighted by atomic mass is 9.80. The third-order valence-corrected chi connectivity index (χ3v) is 4.90. The van der Waals surface area contributed by atoms with E-state index in [1.807, 2.05) is 12.3 Å². The van der Waals surface area contributed by atoms with Gasteiger partial charge in [0.25, 0.3) is 0 Å². The summed E-state index contributed by atoms with van der Waals surface area (Å²) in [6.45, 7) is 5.49. The zero-order valence-corrected chi connectivity index (χ0v) is 12.5. The Morgan fingerprint density at radius 1 is 1.42 bits per heavy atom. The van der Waals surface area contributed by atoms with E-state index in [-0.39, 0.29) is 0 Å². The lowest BCUT2D eigenvalue weighted by Crippen LogP contribution is -2.22. The second kappa shape index (κ2) is 5.08. The minimum atomic E-state index is 0.738. The first-order valence-electron chi connectivity index (χ1n) is 7.21. The van der Waals surface area contributed by atoms with Gasteiger partial charge in [0.1, 0.15) is 0 Å². The van der Waals surface area contributed by atoms with Crippen LogP contribution in [0.2, 0.25) is 0 Å². The van der Waals surface area contributed by atoms with Gasteiger partial charge in [0.15, 0.2) is 10.4 Å². The first kappa shape index (κ1) is 12.9. The normalized spacial score (nSPS) is 23.9. The molecule has 19 heavy (non-hydrogen) atoms. The fraction of sp³-hybridized carbons (Fsp3) is 0.600. The molecule has 0 aromatic carbocycles. The van der Waals surface area contributed by atoms with Crippen LogP contribution < -0.4 is 0 Å². The summed E-state index contributed by atoms with van der Waals surface area (Å²) in [5.41, 5.74) is 3.32. The molecule has 3 nitrogen and oxygen atoms in total. The molecule has 3 rings (SSSR count). The summed E-state index contributed by atoms with van der Waals surface area (Å²) in [7, 11) is 0. The largest absolute Gasteiger partial charge is 0.329 e. The Hall–Kier alpha value is -1.16. The van der Waals surface area contributed by atoms with Crippen LogP contribution in [0.3, 0.4) is 0 Å². The molecule has 1 saturated carbocycles. The van der Waals surface area contributed by atoms with Crippen LogP contribution in [0.4, 0.5) is 0 Å². The Balaban J connectivity index is 1.98. The highest BCUT2D eigenvalue weighted by Crippen LogP contribution is 2.31. The summed E-state index contributed by atoms with van der Waals surface area (Å²) in [4.78, 5) is 7.83. The van der Waals surface area contributed by atoms with E-state index in [1.165, 1.54) is 31.2 Å². The van der Waals surface area contributed by atoms with E-state index in [1.54, 1.807) is 0 Å². The van der Waals surface area contributed by atoms with Crippen LogP contribution in [0.25, 0.3) is 11.2 Å². The zero-order valence-electron chi connectivity index (χ0n) is 11.6. The number of aromatic nitrogens is 3. The smallest absolute Gasteiger partial charge is 0.179 e. The maximum absolute atomic E-state index is 5.49. The number of fused-ring (bicyclic) bond motifs is 1. The van der Waals surface area contributed by atoms with Gasteiger partial charge in [-0.05, 0) is 49.0 Å². The van der Waals surface area contributed by atoms with Crippen LogP contribution in [0, 0.1) is 23.5 Å². The molecule has 0 spiro atoms. The zero-order chi connectivity index (χ0) is 13.4. The van der Waals surface area contributed by atoms with Gasteiger partial charge in [-0.2, -0.15) is 0 Å². The molecule has 0 bridgehead atoms.